The molecular weight excluding hydrogens is 274 g/mol. The Bertz CT molecular complexity index is 646. The second-order valence-electron chi connectivity index (χ2n) is 7.33. The molecule has 4 nitrogen and oxygen atoms in total. The maximum atomic E-state index is 11.0. The Morgan fingerprint density at radius 1 is 1.36 bits per heavy atom. The van der Waals surface area contributed by atoms with Gasteiger partial charge in [0.1, 0.15) is 11.9 Å². The van der Waals surface area contributed by atoms with E-state index in [0.717, 1.165) is 43.7 Å². The van der Waals surface area contributed by atoms with Crippen molar-refractivity contribution in [1.82, 2.24) is 4.98 Å². The second kappa shape index (κ2) is 4.96. The molecule has 116 valence electrons. The van der Waals surface area contributed by atoms with Crippen LogP contribution in [0.4, 0.5) is 5.82 Å². The van der Waals surface area contributed by atoms with Gasteiger partial charge in [-0.3, -0.25) is 0 Å². The van der Waals surface area contributed by atoms with Crippen LogP contribution >= 0.6 is 0 Å². The third-order valence-corrected chi connectivity index (χ3v) is 5.78. The number of pyridine rings is 1. The molecule has 1 aliphatic heterocycles. The largest absolute Gasteiger partial charge is 0.387 e. The smallest absolute Gasteiger partial charge is 0.146 e. The van der Waals surface area contributed by atoms with Gasteiger partial charge in [-0.15, -0.1) is 0 Å². The monoisotopic (exact) mass is 297 g/mol. The highest BCUT2D eigenvalue weighted by Gasteiger charge is 2.53. The molecule has 0 amide bonds. The van der Waals surface area contributed by atoms with Gasteiger partial charge in [0.05, 0.1) is 11.2 Å². The summed E-state index contributed by atoms with van der Waals surface area (Å²) in [6.07, 6.45) is 6.72. The average molecular weight is 297 g/mol. The van der Waals surface area contributed by atoms with Gasteiger partial charge in [-0.2, -0.15) is 5.26 Å². The highest BCUT2D eigenvalue weighted by atomic mass is 16.3. The molecule has 0 radical (unpaired) electrons. The van der Waals surface area contributed by atoms with Crippen molar-refractivity contribution in [3.8, 4) is 6.07 Å². The number of aromatic nitrogens is 1. The molecule has 2 heterocycles. The van der Waals surface area contributed by atoms with Gasteiger partial charge in [-0.1, -0.05) is 6.92 Å². The summed E-state index contributed by atoms with van der Waals surface area (Å²) in [5.74, 6) is 1.48. The fraction of sp³-hybridized carbons (Fsp3) is 0.667. The predicted molar refractivity (Wildman–Crippen MR) is 84.6 cm³/mol. The van der Waals surface area contributed by atoms with Gasteiger partial charge in [0.15, 0.2) is 0 Å². The molecule has 0 aromatic carbocycles. The number of nitriles is 1. The summed E-state index contributed by atoms with van der Waals surface area (Å²) in [5, 5.41) is 20.5. The topological polar surface area (TPSA) is 60.2 Å². The molecule has 2 fully saturated rings. The van der Waals surface area contributed by atoms with Crippen molar-refractivity contribution in [3.05, 3.63) is 22.9 Å². The van der Waals surface area contributed by atoms with Crippen LogP contribution in [0.5, 0.6) is 0 Å². The molecule has 0 unspecified atom stereocenters. The number of nitrogens with zero attached hydrogens (tertiary/aromatic N) is 3. The van der Waals surface area contributed by atoms with Crippen LogP contribution in [-0.4, -0.2) is 28.8 Å². The van der Waals surface area contributed by atoms with E-state index < -0.39 is 5.60 Å². The van der Waals surface area contributed by atoms with E-state index >= 15 is 0 Å². The van der Waals surface area contributed by atoms with Gasteiger partial charge >= 0.3 is 0 Å². The van der Waals surface area contributed by atoms with E-state index in [0.29, 0.717) is 18.0 Å². The first kappa shape index (κ1) is 14.0. The molecule has 3 aliphatic rings. The van der Waals surface area contributed by atoms with E-state index in [1.54, 1.807) is 0 Å². The minimum atomic E-state index is -0.593. The standard InChI is InChI=1S/C18H23N3O/c1-12-10-21(11-18(12,22)15-6-7-15)17-14(9-19)8-13-4-2-3-5-16(13)20-17/h8,12,15,22H,2-7,10-11H2,1H3/t12-,18+/m1/s1. The van der Waals surface area contributed by atoms with E-state index in [-0.39, 0.29) is 5.92 Å². The fourth-order valence-corrected chi connectivity index (χ4v) is 4.24. The Morgan fingerprint density at radius 2 is 2.14 bits per heavy atom. The van der Waals surface area contributed by atoms with Crippen LogP contribution in [0.1, 0.15) is 49.4 Å². The van der Waals surface area contributed by atoms with E-state index in [1.807, 2.05) is 6.07 Å². The summed E-state index contributed by atoms with van der Waals surface area (Å²) >= 11 is 0. The third-order valence-electron chi connectivity index (χ3n) is 5.78. The molecule has 1 saturated heterocycles. The third kappa shape index (κ3) is 2.11. The number of anilines is 1. The summed E-state index contributed by atoms with van der Waals surface area (Å²) in [5.41, 5.74) is 2.49. The molecule has 2 aliphatic carbocycles. The second-order valence-corrected chi connectivity index (χ2v) is 7.33. The van der Waals surface area contributed by atoms with Crippen molar-refractivity contribution < 1.29 is 5.11 Å². The van der Waals surface area contributed by atoms with E-state index in [1.165, 1.54) is 18.4 Å². The number of hydrogen-bond donors (Lipinski definition) is 1. The van der Waals surface area contributed by atoms with Gasteiger partial charge in [-0.05, 0) is 56.1 Å². The maximum Gasteiger partial charge on any atom is 0.146 e. The molecule has 4 rings (SSSR count). The van der Waals surface area contributed by atoms with Crippen molar-refractivity contribution in [2.45, 2.75) is 51.0 Å². The van der Waals surface area contributed by atoms with Gasteiger partial charge in [0, 0.05) is 24.7 Å². The highest BCUT2D eigenvalue weighted by Crippen LogP contribution is 2.48. The Labute approximate surface area is 131 Å². The first-order valence-electron chi connectivity index (χ1n) is 8.52. The SMILES string of the molecule is C[C@@H]1CN(c2nc3c(cc2C#N)CCCC3)C[C@@]1(O)C1CC1. The summed E-state index contributed by atoms with van der Waals surface area (Å²) in [6.45, 7) is 3.55. The molecule has 1 N–H and O–H groups in total. The Kier molecular flexibility index (Phi) is 3.16. The molecule has 4 heteroatoms. The summed E-state index contributed by atoms with van der Waals surface area (Å²) in [4.78, 5) is 6.99. The molecule has 1 saturated carbocycles. The first-order chi connectivity index (χ1) is 10.6. The van der Waals surface area contributed by atoms with Crippen molar-refractivity contribution in [1.29, 1.82) is 5.26 Å². The summed E-state index contributed by atoms with van der Waals surface area (Å²) < 4.78 is 0. The van der Waals surface area contributed by atoms with Crippen LogP contribution in [0.2, 0.25) is 0 Å². The minimum Gasteiger partial charge on any atom is -0.387 e. The average Bonchev–Trinajstić information content (AvgIpc) is 3.34. The quantitative estimate of drug-likeness (QED) is 0.911. The number of fused-ring (bicyclic) bond motifs is 1. The Hall–Kier alpha value is -1.60. The van der Waals surface area contributed by atoms with E-state index in [4.69, 9.17) is 4.98 Å². The minimum absolute atomic E-state index is 0.240. The van der Waals surface area contributed by atoms with Gasteiger partial charge in [0.2, 0.25) is 0 Å². The molecular formula is C18H23N3O. The number of aryl methyl sites for hydroxylation is 2. The Balaban J connectivity index is 1.69. The normalized spacial score (nSPS) is 31.0. The van der Waals surface area contributed by atoms with Gasteiger partial charge in [0.25, 0.3) is 0 Å². The lowest BCUT2D eigenvalue weighted by atomic mass is 9.88. The fourth-order valence-electron chi connectivity index (χ4n) is 4.24. The van der Waals surface area contributed by atoms with Gasteiger partial charge < -0.3 is 10.0 Å². The zero-order valence-corrected chi connectivity index (χ0v) is 13.2. The molecule has 0 bridgehead atoms. The maximum absolute atomic E-state index is 11.0. The lowest BCUT2D eigenvalue weighted by Gasteiger charge is -2.27. The zero-order valence-electron chi connectivity index (χ0n) is 13.2. The zero-order chi connectivity index (χ0) is 15.3. The van der Waals surface area contributed by atoms with Crippen molar-refractivity contribution >= 4 is 5.82 Å². The number of aliphatic hydroxyl groups is 1. The number of hydrogen-bond acceptors (Lipinski definition) is 4. The molecule has 2 atom stereocenters. The van der Waals surface area contributed by atoms with Crippen molar-refractivity contribution in [2.75, 3.05) is 18.0 Å². The summed E-state index contributed by atoms with van der Waals surface area (Å²) in [6, 6.07) is 4.36. The summed E-state index contributed by atoms with van der Waals surface area (Å²) in [7, 11) is 0. The van der Waals surface area contributed by atoms with Crippen LogP contribution in [0.3, 0.4) is 0 Å². The van der Waals surface area contributed by atoms with Crippen LogP contribution in [0.25, 0.3) is 0 Å². The van der Waals surface area contributed by atoms with Crippen molar-refractivity contribution in [3.63, 3.8) is 0 Å². The molecule has 22 heavy (non-hydrogen) atoms. The first-order valence-corrected chi connectivity index (χ1v) is 8.52. The molecule has 0 spiro atoms. The number of β-amino-alcohol motifs (C(OH)–C–C–N with tert-alkyl or cyclic N) is 1. The van der Waals surface area contributed by atoms with E-state index in [9.17, 15) is 10.4 Å². The van der Waals surface area contributed by atoms with Crippen molar-refractivity contribution in [2.24, 2.45) is 11.8 Å². The number of rotatable bonds is 2. The highest BCUT2D eigenvalue weighted by molar-refractivity contribution is 5.57. The predicted octanol–water partition coefficient (Wildman–Crippen LogP) is 2.43. The molecule has 1 aromatic heterocycles. The Morgan fingerprint density at radius 3 is 2.86 bits per heavy atom. The lowest BCUT2D eigenvalue weighted by molar-refractivity contribution is 0.00281. The van der Waals surface area contributed by atoms with Crippen LogP contribution < -0.4 is 4.90 Å². The van der Waals surface area contributed by atoms with Crippen LogP contribution in [0, 0.1) is 23.2 Å². The van der Waals surface area contributed by atoms with Crippen LogP contribution in [0.15, 0.2) is 6.07 Å². The molecule has 1 aromatic rings. The van der Waals surface area contributed by atoms with Gasteiger partial charge in [-0.25, -0.2) is 4.98 Å². The lowest BCUT2D eigenvalue weighted by Crippen LogP contribution is -2.39. The van der Waals surface area contributed by atoms with Crippen LogP contribution in [-0.2, 0) is 12.8 Å². The van der Waals surface area contributed by atoms with E-state index in [2.05, 4.69) is 17.9 Å².